The Morgan fingerprint density at radius 3 is 2.85 bits per heavy atom. The van der Waals surface area contributed by atoms with Crippen molar-refractivity contribution in [2.75, 3.05) is 6.54 Å². The predicted molar refractivity (Wildman–Crippen MR) is 83.1 cm³/mol. The van der Waals surface area contributed by atoms with Crippen LogP contribution in [0.15, 0.2) is 0 Å². The topological polar surface area (TPSA) is 42.7 Å². The average Bonchev–Trinajstić information content (AvgIpc) is 2.93. The number of rotatable bonds is 3. The molecule has 0 bridgehead atoms. The molecular formula is C15H22N4S. The summed E-state index contributed by atoms with van der Waals surface area (Å²) in [5, 5.41) is 9.25. The summed E-state index contributed by atoms with van der Waals surface area (Å²) in [6, 6.07) is 0.493. The number of hydrogen-bond donors (Lipinski definition) is 1. The zero-order valence-electron chi connectivity index (χ0n) is 12.7. The van der Waals surface area contributed by atoms with Gasteiger partial charge in [0.1, 0.15) is 5.01 Å². The molecule has 0 saturated carbocycles. The van der Waals surface area contributed by atoms with Crippen LogP contribution in [-0.2, 0) is 13.5 Å². The van der Waals surface area contributed by atoms with Gasteiger partial charge in [-0.3, -0.25) is 4.68 Å². The molecule has 20 heavy (non-hydrogen) atoms. The van der Waals surface area contributed by atoms with Crippen LogP contribution in [0.2, 0.25) is 0 Å². The summed E-state index contributed by atoms with van der Waals surface area (Å²) >= 11 is 1.85. The fourth-order valence-electron chi connectivity index (χ4n) is 3.05. The summed E-state index contributed by atoms with van der Waals surface area (Å²) in [6.45, 7) is 7.38. The van der Waals surface area contributed by atoms with Crippen molar-refractivity contribution in [1.82, 2.24) is 20.1 Å². The normalized spacial score (nSPS) is 18.3. The maximum absolute atomic E-state index is 4.91. The van der Waals surface area contributed by atoms with Gasteiger partial charge in [-0.1, -0.05) is 6.92 Å². The van der Waals surface area contributed by atoms with Crippen molar-refractivity contribution in [3.8, 4) is 10.6 Å². The number of aryl methyl sites for hydroxylation is 3. The minimum absolute atomic E-state index is 0.493. The molecule has 1 unspecified atom stereocenters. The highest BCUT2D eigenvalue weighted by Gasteiger charge is 2.26. The van der Waals surface area contributed by atoms with Crippen LogP contribution in [0.4, 0.5) is 0 Å². The summed E-state index contributed by atoms with van der Waals surface area (Å²) in [6.07, 6.45) is 3.58. The number of hydrogen-bond acceptors (Lipinski definition) is 4. The molecule has 0 fully saturated rings. The zero-order valence-corrected chi connectivity index (χ0v) is 13.5. The first-order valence-corrected chi connectivity index (χ1v) is 8.17. The molecule has 0 radical (unpaired) electrons. The van der Waals surface area contributed by atoms with E-state index >= 15 is 0 Å². The molecule has 2 aromatic heterocycles. The highest BCUT2D eigenvalue weighted by Crippen LogP contribution is 2.39. The van der Waals surface area contributed by atoms with Crippen LogP contribution >= 0.6 is 11.3 Å². The van der Waals surface area contributed by atoms with Gasteiger partial charge in [0.05, 0.1) is 17.0 Å². The summed E-state index contributed by atoms with van der Waals surface area (Å²) in [7, 11) is 2.00. The molecule has 2 heterocycles. The van der Waals surface area contributed by atoms with E-state index in [9.17, 15) is 0 Å². The summed E-state index contributed by atoms with van der Waals surface area (Å²) in [4.78, 5) is 6.35. The van der Waals surface area contributed by atoms with Gasteiger partial charge in [0.25, 0.3) is 0 Å². The van der Waals surface area contributed by atoms with Crippen molar-refractivity contribution >= 4 is 11.3 Å². The summed E-state index contributed by atoms with van der Waals surface area (Å²) < 4.78 is 1.95. The second-order valence-electron chi connectivity index (χ2n) is 5.50. The Morgan fingerprint density at radius 2 is 2.20 bits per heavy atom. The first-order valence-electron chi connectivity index (χ1n) is 7.35. The molecule has 1 aliphatic rings. The Labute approximate surface area is 124 Å². The van der Waals surface area contributed by atoms with Gasteiger partial charge in [-0.2, -0.15) is 5.10 Å². The molecule has 5 heteroatoms. The monoisotopic (exact) mass is 290 g/mol. The van der Waals surface area contributed by atoms with Crippen LogP contribution in [0.1, 0.15) is 47.8 Å². The molecule has 108 valence electrons. The van der Waals surface area contributed by atoms with Gasteiger partial charge in [0.2, 0.25) is 0 Å². The Balaban J connectivity index is 2.04. The van der Waals surface area contributed by atoms with Crippen molar-refractivity contribution in [2.45, 2.75) is 46.1 Å². The first kappa shape index (κ1) is 13.8. The first-order chi connectivity index (χ1) is 9.61. The largest absolute Gasteiger partial charge is 0.309 e. The Hall–Kier alpha value is -1.20. The van der Waals surface area contributed by atoms with Gasteiger partial charge in [0.15, 0.2) is 0 Å². The lowest BCUT2D eigenvalue weighted by Crippen LogP contribution is -2.23. The van der Waals surface area contributed by atoms with E-state index in [0.29, 0.717) is 6.04 Å². The molecule has 0 aliphatic heterocycles. The van der Waals surface area contributed by atoms with E-state index in [4.69, 9.17) is 4.98 Å². The van der Waals surface area contributed by atoms with Gasteiger partial charge in [-0.15, -0.1) is 11.3 Å². The van der Waals surface area contributed by atoms with Crippen LogP contribution in [0, 0.1) is 13.8 Å². The van der Waals surface area contributed by atoms with Crippen molar-refractivity contribution in [3.63, 3.8) is 0 Å². The third-order valence-electron chi connectivity index (χ3n) is 4.12. The second-order valence-corrected chi connectivity index (χ2v) is 6.53. The van der Waals surface area contributed by atoms with Gasteiger partial charge in [-0.25, -0.2) is 4.98 Å². The van der Waals surface area contributed by atoms with Crippen LogP contribution in [0.5, 0.6) is 0 Å². The molecule has 3 rings (SSSR count). The summed E-state index contributed by atoms with van der Waals surface area (Å²) in [5.41, 5.74) is 4.80. The standard InChI is InChI=1S/C15H22N4S/c1-5-16-11-7-6-8-12-14(11)20-15(17-12)13-9(2)18-19(4)10(13)3/h11,16H,5-8H2,1-4H3. The molecular weight excluding hydrogens is 268 g/mol. The number of thiazole rings is 1. The van der Waals surface area contributed by atoms with Crippen LogP contribution in [-0.4, -0.2) is 21.3 Å². The second kappa shape index (κ2) is 5.30. The predicted octanol–water partition coefficient (Wildman–Crippen LogP) is 3.15. The van der Waals surface area contributed by atoms with E-state index in [2.05, 4.69) is 31.2 Å². The van der Waals surface area contributed by atoms with E-state index in [1.165, 1.54) is 34.7 Å². The number of nitrogens with zero attached hydrogens (tertiary/aromatic N) is 3. The quantitative estimate of drug-likeness (QED) is 0.944. The van der Waals surface area contributed by atoms with Crippen molar-refractivity contribution in [2.24, 2.45) is 7.05 Å². The molecule has 1 N–H and O–H groups in total. The molecule has 0 aromatic carbocycles. The molecule has 1 aliphatic carbocycles. The van der Waals surface area contributed by atoms with Crippen molar-refractivity contribution in [1.29, 1.82) is 0 Å². The van der Waals surface area contributed by atoms with Crippen molar-refractivity contribution < 1.29 is 0 Å². The lowest BCUT2D eigenvalue weighted by Gasteiger charge is -2.21. The lowest BCUT2D eigenvalue weighted by molar-refractivity contribution is 0.476. The fraction of sp³-hybridized carbons (Fsp3) is 0.600. The fourth-order valence-corrected chi connectivity index (χ4v) is 4.42. The molecule has 0 amide bonds. The van der Waals surface area contributed by atoms with Gasteiger partial charge in [0, 0.05) is 23.7 Å². The van der Waals surface area contributed by atoms with Crippen LogP contribution in [0.3, 0.4) is 0 Å². The molecule has 4 nitrogen and oxygen atoms in total. The number of fused-ring (bicyclic) bond motifs is 1. The molecule has 0 spiro atoms. The van der Waals surface area contributed by atoms with Gasteiger partial charge < -0.3 is 5.32 Å². The third kappa shape index (κ3) is 2.19. The smallest absolute Gasteiger partial charge is 0.127 e. The molecule has 2 aromatic rings. The number of aromatic nitrogens is 3. The molecule has 1 atom stereocenters. The highest BCUT2D eigenvalue weighted by molar-refractivity contribution is 7.15. The third-order valence-corrected chi connectivity index (χ3v) is 5.35. The van der Waals surface area contributed by atoms with E-state index in [1.807, 2.05) is 23.1 Å². The minimum atomic E-state index is 0.493. The van der Waals surface area contributed by atoms with Gasteiger partial charge >= 0.3 is 0 Å². The van der Waals surface area contributed by atoms with Crippen LogP contribution in [0.25, 0.3) is 10.6 Å². The Bertz CT molecular complexity index is 626. The van der Waals surface area contributed by atoms with Crippen molar-refractivity contribution in [3.05, 3.63) is 22.0 Å². The Morgan fingerprint density at radius 1 is 1.40 bits per heavy atom. The number of nitrogens with one attached hydrogen (secondary N) is 1. The van der Waals surface area contributed by atoms with E-state index < -0.39 is 0 Å². The maximum atomic E-state index is 4.91. The lowest BCUT2D eigenvalue weighted by atomic mass is 9.98. The van der Waals surface area contributed by atoms with E-state index in [0.717, 1.165) is 23.7 Å². The SMILES string of the molecule is CCNC1CCCc2nc(-c3c(C)nn(C)c3C)sc21. The zero-order chi connectivity index (χ0) is 14.3. The van der Waals surface area contributed by atoms with E-state index in [-0.39, 0.29) is 0 Å². The van der Waals surface area contributed by atoms with Gasteiger partial charge in [-0.05, 0) is 39.7 Å². The Kier molecular flexibility index (Phi) is 3.65. The minimum Gasteiger partial charge on any atom is -0.309 e. The van der Waals surface area contributed by atoms with E-state index in [1.54, 1.807) is 0 Å². The summed E-state index contributed by atoms with van der Waals surface area (Å²) in [5.74, 6) is 0. The average molecular weight is 290 g/mol. The van der Waals surface area contributed by atoms with Crippen LogP contribution < -0.4 is 5.32 Å². The highest BCUT2D eigenvalue weighted by atomic mass is 32.1. The molecule has 0 saturated heterocycles. The maximum Gasteiger partial charge on any atom is 0.127 e.